The molecule has 2 unspecified atom stereocenters. The Labute approximate surface area is 96.3 Å². The SMILES string of the molecule is O=C(C1CCCCCC1)N1CC(O)C(O)C1. The molecule has 0 radical (unpaired) electrons. The lowest BCUT2D eigenvalue weighted by Gasteiger charge is -2.21. The first-order valence-electron chi connectivity index (χ1n) is 6.33. The van der Waals surface area contributed by atoms with Gasteiger partial charge in [0.1, 0.15) is 0 Å². The average molecular weight is 227 g/mol. The molecule has 1 saturated carbocycles. The topological polar surface area (TPSA) is 60.8 Å². The number of carbonyl (C=O) groups excluding carboxylic acids is 1. The molecule has 0 spiro atoms. The number of rotatable bonds is 1. The van der Waals surface area contributed by atoms with Crippen molar-refractivity contribution in [3.05, 3.63) is 0 Å². The number of nitrogens with zero attached hydrogens (tertiary/aromatic N) is 1. The molecule has 1 amide bonds. The minimum atomic E-state index is -0.755. The van der Waals surface area contributed by atoms with Crippen LogP contribution in [0, 0.1) is 5.92 Å². The van der Waals surface area contributed by atoms with Crippen LogP contribution in [0.2, 0.25) is 0 Å². The molecule has 4 heteroatoms. The number of hydrogen-bond acceptors (Lipinski definition) is 3. The van der Waals surface area contributed by atoms with E-state index in [9.17, 15) is 15.0 Å². The fourth-order valence-corrected chi connectivity index (χ4v) is 2.73. The van der Waals surface area contributed by atoms with Crippen LogP contribution in [0.15, 0.2) is 0 Å². The van der Waals surface area contributed by atoms with Gasteiger partial charge >= 0.3 is 0 Å². The van der Waals surface area contributed by atoms with Gasteiger partial charge in [-0.15, -0.1) is 0 Å². The number of β-amino-alcohol motifs (C(OH)–C–C–N with tert-alkyl or cyclic N) is 2. The van der Waals surface area contributed by atoms with Crippen molar-refractivity contribution in [2.75, 3.05) is 13.1 Å². The van der Waals surface area contributed by atoms with Crippen molar-refractivity contribution in [3.8, 4) is 0 Å². The van der Waals surface area contributed by atoms with Crippen LogP contribution in [-0.2, 0) is 4.79 Å². The minimum absolute atomic E-state index is 0.125. The molecule has 0 aromatic carbocycles. The highest BCUT2D eigenvalue weighted by atomic mass is 16.3. The first-order chi connectivity index (χ1) is 7.68. The van der Waals surface area contributed by atoms with Gasteiger partial charge in [-0.2, -0.15) is 0 Å². The third kappa shape index (κ3) is 2.55. The number of aliphatic hydroxyl groups is 2. The summed E-state index contributed by atoms with van der Waals surface area (Å²) in [5, 5.41) is 18.9. The van der Waals surface area contributed by atoms with E-state index in [4.69, 9.17) is 0 Å². The van der Waals surface area contributed by atoms with Gasteiger partial charge in [0.2, 0.25) is 5.91 Å². The summed E-state index contributed by atoms with van der Waals surface area (Å²) in [7, 11) is 0. The summed E-state index contributed by atoms with van der Waals surface area (Å²) >= 11 is 0. The summed E-state index contributed by atoms with van der Waals surface area (Å²) in [6.45, 7) is 0.604. The number of aliphatic hydroxyl groups excluding tert-OH is 2. The summed E-state index contributed by atoms with van der Waals surface area (Å²) in [5.74, 6) is 0.262. The number of hydrogen-bond donors (Lipinski definition) is 2. The van der Waals surface area contributed by atoms with Crippen molar-refractivity contribution < 1.29 is 15.0 Å². The summed E-state index contributed by atoms with van der Waals surface area (Å²) < 4.78 is 0. The molecule has 92 valence electrons. The molecule has 2 aliphatic rings. The van der Waals surface area contributed by atoms with Crippen LogP contribution < -0.4 is 0 Å². The molecule has 0 bridgehead atoms. The molecule has 2 atom stereocenters. The molecule has 0 aromatic heterocycles. The molecule has 1 aliphatic carbocycles. The molecule has 2 rings (SSSR count). The Morgan fingerprint density at radius 2 is 1.44 bits per heavy atom. The first kappa shape index (κ1) is 11.9. The Morgan fingerprint density at radius 1 is 0.938 bits per heavy atom. The molecular formula is C12H21NO3. The van der Waals surface area contributed by atoms with Gasteiger partial charge in [0, 0.05) is 19.0 Å². The van der Waals surface area contributed by atoms with E-state index < -0.39 is 12.2 Å². The van der Waals surface area contributed by atoms with E-state index in [0.717, 1.165) is 25.7 Å². The van der Waals surface area contributed by atoms with Crippen LogP contribution in [0.25, 0.3) is 0 Å². The van der Waals surface area contributed by atoms with Gasteiger partial charge in [0.25, 0.3) is 0 Å². The van der Waals surface area contributed by atoms with E-state index in [0.29, 0.717) is 13.1 Å². The second kappa shape index (κ2) is 5.15. The molecule has 1 heterocycles. The fraction of sp³-hybridized carbons (Fsp3) is 0.917. The van der Waals surface area contributed by atoms with Crippen molar-refractivity contribution in [3.63, 3.8) is 0 Å². The molecule has 2 fully saturated rings. The van der Waals surface area contributed by atoms with Crippen molar-refractivity contribution in [2.24, 2.45) is 5.92 Å². The largest absolute Gasteiger partial charge is 0.388 e. The number of likely N-dealkylation sites (tertiary alicyclic amines) is 1. The molecule has 4 nitrogen and oxygen atoms in total. The number of carbonyl (C=O) groups is 1. The summed E-state index contributed by atoms with van der Waals surface area (Å²) in [5.41, 5.74) is 0. The Hall–Kier alpha value is -0.610. The Bertz CT molecular complexity index is 235. The van der Waals surface area contributed by atoms with Crippen molar-refractivity contribution >= 4 is 5.91 Å². The predicted molar refractivity (Wildman–Crippen MR) is 59.8 cm³/mol. The maximum Gasteiger partial charge on any atom is 0.225 e. The molecule has 0 aromatic rings. The van der Waals surface area contributed by atoms with Crippen LogP contribution in [0.5, 0.6) is 0 Å². The van der Waals surface area contributed by atoms with E-state index in [2.05, 4.69) is 0 Å². The summed E-state index contributed by atoms with van der Waals surface area (Å²) in [6.07, 6.45) is 5.17. The Kier molecular flexibility index (Phi) is 3.82. The van der Waals surface area contributed by atoms with E-state index in [-0.39, 0.29) is 11.8 Å². The highest BCUT2D eigenvalue weighted by Gasteiger charge is 2.35. The highest BCUT2D eigenvalue weighted by Crippen LogP contribution is 2.26. The maximum absolute atomic E-state index is 12.1. The van der Waals surface area contributed by atoms with Gasteiger partial charge in [-0.25, -0.2) is 0 Å². The fourth-order valence-electron chi connectivity index (χ4n) is 2.73. The van der Waals surface area contributed by atoms with E-state index >= 15 is 0 Å². The van der Waals surface area contributed by atoms with Crippen LogP contribution in [0.3, 0.4) is 0 Å². The Balaban J connectivity index is 1.91. The van der Waals surface area contributed by atoms with Crippen LogP contribution in [0.4, 0.5) is 0 Å². The van der Waals surface area contributed by atoms with Gasteiger partial charge in [0.05, 0.1) is 12.2 Å². The second-order valence-corrected chi connectivity index (χ2v) is 5.07. The molecule has 2 N–H and O–H groups in total. The van der Waals surface area contributed by atoms with Crippen LogP contribution in [-0.4, -0.2) is 46.3 Å². The monoisotopic (exact) mass is 227 g/mol. The van der Waals surface area contributed by atoms with Gasteiger partial charge < -0.3 is 15.1 Å². The number of amides is 1. The zero-order valence-corrected chi connectivity index (χ0v) is 9.64. The molecule has 1 aliphatic heterocycles. The standard InChI is InChI=1S/C12H21NO3/c14-10-7-13(8-11(10)15)12(16)9-5-3-1-2-4-6-9/h9-11,14-15H,1-8H2. The van der Waals surface area contributed by atoms with E-state index in [1.165, 1.54) is 12.8 Å². The zero-order valence-electron chi connectivity index (χ0n) is 9.64. The normalized spacial score (nSPS) is 32.8. The van der Waals surface area contributed by atoms with Gasteiger partial charge in [-0.05, 0) is 12.8 Å². The van der Waals surface area contributed by atoms with Crippen molar-refractivity contribution in [1.82, 2.24) is 4.90 Å². The third-order valence-electron chi connectivity index (χ3n) is 3.78. The highest BCUT2D eigenvalue weighted by molar-refractivity contribution is 5.79. The van der Waals surface area contributed by atoms with Crippen molar-refractivity contribution in [2.45, 2.75) is 50.7 Å². The zero-order chi connectivity index (χ0) is 11.5. The Morgan fingerprint density at radius 3 is 1.94 bits per heavy atom. The van der Waals surface area contributed by atoms with Crippen LogP contribution in [0.1, 0.15) is 38.5 Å². The lowest BCUT2D eigenvalue weighted by molar-refractivity contribution is -0.135. The second-order valence-electron chi connectivity index (χ2n) is 5.07. The van der Waals surface area contributed by atoms with Gasteiger partial charge in [0.15, 0.2) is 0 Å². The lowest BCUT2D eigenvalue weighted by Crippen LogP contribution is -2.35. The van der Waals surface area contributed by atoms with Gasteiger partial charge in [-0.1, -0.05) is 25.7 Å². The molecular weight excluding hydrogens is 206 g/mol. The predicted octanol–water partition coefficient (Wildman–Crippen LogP) is 0.521. The third-order valence-corrected chi connectivity index (χ3v) is 3.78. The summed E-state index contributed by atoms with van der Waals surface area (Å²) in [4.78, 5) is 13.8. The maximum atomic E-state index is 12.1. The van der Waals surface area contributed by atoms with Gasteiger partial charge in [-0.3, -0.25) is 4.79 Å². The lowest BCUT2D eigenvalue weighted by atomic mass is 9.99. The van der Waals surface area contributed by atoms with Crippen LogP contribution >= 0.6 is 0 Å². The van der Waals surface area contributed by atoms with Crippen molar-refractivity contribution in [1.29, 1.82) is 0 Å². The molecule has 16 heavy (non-hydrogen) atoms. The average Bonchev–Trinajstić information content (AvgIpc) is 2.51. The smallest absolute Gasteiger partial charge is 0.225 e. The quantitative estimate of drug-likeness (QED) is 0.642. The summed E-state index contributed by atoms with van der Waals surface area (Å²) in [6, 6.07) is 0. The minimum Gasteiger partial charge on any atom is -0.388 e. The first-order valence-corrected chi connectivity index (χ1v) is 6.33. The van der Waals surface area contributed by atoms with E-state index in [1.807, 2.05) is 0 Å². The molecule has 1 saturated heterocycles. The van der Waals surface area contributed by atoms with E-state index in [1.54, 1.807) is 4.90 Å².